The van der Waals surface area contributed by atoms with Crippen LogP contribution in [-0.4, -0.2) is 10.9 Å². The first-order chi connectivity index (χ1) is 6.16. The minimum atomic E-state index is 0.303. The molecule has 0 radical (unpaired) electrons. The highest BCUT2D eigenvalue weighted by Crippen LogP contribution is 2.28. The van der Waals surface area contributed by atoms with Gasteiger partial charge in [0.05, 0.1) is 8.66 Å². The summed E-state index contributed by atoms with van der Waals surface area (Å²) < 4.78 is 1.10. The van der Waals surface area contributed by atoms with Crippen molar-refractivity contribution in [3.63, 3.8) is 0 Å². The van der Waals surface area contributed by atoms with Crippen LogP contribution in [0.25, 0.3) is 0 Å². The van der Waals surface area contributed by atoms with Gasteiger partial charge in [-0.3, -0.25) is 0 Å². The summed E-state index contributed by atoms with van der Waals surface area (Å²) >= 11 is 9.80. The number of aliphatic imine (C=N–C) groups is 1. The van der Waals surface area contributed by atoms with Crippen molar-refractivity contribution in [3.8, 4) is 0 Å². The Bertz CT molecular complexity index is 413. The van der Waals surface area contributed by atoms with Crippen LogP contribution in [0.1, 0.15) is 10.4 Å². The van der Waals surface area contributed by atoms with Crippen LogP contribution in [0.5, 0.6) is 0 Å². The number of azo groups is 1. The molecule has 2 rings (SSSR count). The maximum absolute atomic E-state index is 4.78. The van der Waals surface area contributed by atoms with Gasteiger partial charge in [0.2, 0.25) is 5.11 Å². The molecular formula is C7H4BrN3S2. The van der Waals surface area contributed by atoms with Crippen molar-refractivity contribution in [1.29, 1.82) is 0 Å². The van der Waals surface area contributed by atoms with Crippen LogP contribution in [-0.2, 0) is 0 Å². The molecule has 3 nitrogen and oxygen atoms in total. The first kappa shape index (κ1) is 9.11. The van der Waals surface area contributed by atoms with E-state index in [4.69, 9.17) is 12.2 Å². The van der Waals surface area contributed by atoms with Crippen molar-refractivity contribution in [2.45, 2.75) is 6.92 Å². The third-order valence-corrected chi connectivity index (χ3v) is 3.81. The summed E-state index contributed by atoms with van der Waals surface area (Å²) in [7, 11) is 0. The van der Waals surface area contributed by atoms with Gasteiger partial charge in [0, 0.05) is 0 Å². The topological polar surface area (TPSA) is 37.1 Å². The highest BCUT2D eigenvalue weighted by atomic mass is 79.9. The fourth-order valence-corrected chi connectivity index (χ4v) is 2.49. The second kappa shape index (κ2) is 3.36. The molecule has 0 atom stereocenters. The molecule has 1 aliphatic rings. The molecule has 6 heteroatoms. The van der Waals surface area contributed by atoms with Gasteiger partial charge in [-0.05, 0) is 46.7 Å². The van der Waals surface area contributed by atoms with Crippen LogP contribution in [0.15, 0.2) is 25.1 Å². The first-order valence-corrected chi connectivity index (χ1v) is 5.49. The third kappa shape index (κ3) is 1.74. The van der Waals surface area contributed by atoms with Crippen molar-refractivity contribution in [3.05, 3.63) is 20.3 Å². The van der Waals surface area contributed by atoms with E-state index in [1.165, 1.54) is 5.56 Å². The summed E-state index contributed by atoms with van der Waals surface area (Å²) in [6.45, 7) is 2.02. The summed E-state index contributed by atoms with van der Waals surface area (Å²) in [6.07, 6.45) is 0. The van der Waals surface area contributed by atoms with Crippen LogP contribution in [0, 0.1) is 6.92 Å². The number of hydrogen-bond acceptors (Lipinski definition) is 3. The van der Waals surface area contributed by atoms with Gasteiger partial charge in [0.1, 0.15) is 0 Å². The van der Waals surface area contributed by atoms with E-state index in [0.717, 1.165) is 8.66 Å². The fourth-order valence-electron chi connectivity index (χ4n) is 0.900. The second-order valence-electron chi connectivity index (χ2n) is 2.49. The lowest BCUT2D eigenvalue weighted by Crippen LogP contribution is -1.88. The molecule has 0 aromatic carbocycles. The molecular weight excluding hydrogens is 270 g/mol. The number of rotatable bonds is 1. The molecule has 0 unspecified atom stereocenters. The number of hydrogen-bond donors (Lipinski definition) is 0. The van der Waals surface area contributed by atoms with E-state index in [-0.39, 0.29) is 0 Å². The maximum Gasteiger partial charge on any atom is 0.242 e. The molecule has 0 saturated heterocycles. The average Bonchev–Trinajstić information content (AvgIpc) is 2.61. The number of amidine groups is 1. The Labute approximate surface area is 92.7 Å². The highest BCUT2D eigenvalue weighted by Gasteiger charge is 2.13. The van der Waals surface area contributed by atoms with Crippen molar-refractivity contribution >= 4 is 50.4 Å². The van der Waals surface area contributed by atoms with E-state index in [2.05, 4.69) is 31.2 Å². The van der Waals surface area contributed by atoms with E-state index in [1.54, 1.807) is 11.3 Å². The monoisotopic (exact) mass is 273 g/mol. The molecule has 0 fully saturated rings. The molecule has 2 heterocycles. The number of aryl methyl sites for hydroxylation is 1. The van der Waals surface area contributed by atoms with Crippen molar-refractivity contribution in [2.24, 2.45) is 15.2 Å². The molecule has 0 N–H and O–H groups in total. The van der Waals surface area contributed by atoms with Gasteiger partial charge in [0.25, 0.3) is 0 Å². The van der Waals surface area contributed by atoms with Crippen LogP contribution < -0.4 is 0 Å². The molecule has 13 heavy (non-hydrogen) atoms. The molecule has 66 valence electrons. The third-order valence-electron chi connectivity index (χ3n) is 1.51. The van der Waals surface area contributed by atoms with Gasteiger partial charge >= 0.3 is 0 Å². The Hall–Kier alpha value is -0.460. The molecule has 1 aliphatic heterocycles. The lowest BCUT2D eigenvalue weighted by atomic mass is 10.3. The molecule has 0 spiro atoms. The number of nitrogens with zero attached hydrogens (tertiary/aromatic N) is 3. The van der Waals surface area contributed by atoms with Crippen molar-refractivity contribution < 1.29 is 0 Å². The number of halogens is 1. The van der Waals surface area contributed by atoms with E-state index in [0.29, 0.717) is 10.9 Å². The van der Waals surface area contributed by atoms with Gasteiger partial charge in [0.15, 0.2) is 5.84 Å². The maximum atomic E-state index is 4.78. The van der Waals surface area contributed by atoms with Gasteiger partial charge in [-0.15, -0.1) is 21.6 Å². The summed E-state index contributed by atoms with van der Waals surface area (Å²) in [5.41, 5.74) is 1.18. The lowest BCUT2D eigenvalue weighted by Gasteiger charge is -1.84. The molecule has 1 aromatic rings. The zero-order chi connectivity index (χ0) is 9.42. The zero-order valence-corrected chi connectivity index (χ0v) is 9.83. The van der Waals surface area contributed by atoms with Gasteiger partial charge in [-0.1, -0.05) is 0 Å². The second-order valence-corrected chi connectivity index (χ2v) is 5.22. The Morgan fingerprint density at radius 2 is 2.23 bits per heavy atom. The Balaban J connectivity index is 2.42. The molecule has 0 saturated carbocycles. The normalized spacial score (nSPS) is 15.2. The Morgan fingerprint density at radius 3 is 2.69 bits per heavy atom. The predicted molar refractivity (Wildman–Crippen MR) is 60.7 cm³/mol. The number of thiophene rings is 1. The largest absolute Gasteiger partial charge is 0.242 e. The Kier molecular flexibility index (Phi) is 2.35. The van der Waals surface area contributed by atoms with Gasteiger partial charge in [-0.25, -0.2) is 0 Å². The van der Waals surface area contributed by atoms with E-state index in [9.17, 15) is 0 Å². The summed E-state index contributed by atoms with van der Waals surface area (Å²) in [4.78, 5) is 5.01. The summed E-state index contributed by atoms with van der Waals surface area (Å²) in [6, 6.07) is 2.01. The molecule has 1 aromatic heterocycles. The standard InChI is InChI=1S/C7H4BrN3S2/c1-3-2-4(13-5(3)8)6-9-7(12)11-10-6/h2H,1H3. The van der Waals surface area contributed by atoms with E-state index < -0.39 is 0 Å². The average molecular weight is 274 g/mol. The van der Waals surface area contributed by atoms with E-state index in [1.807, 2.05) is 13.0 Å². The predicted octanol–water partition coefficient (Wildman–Crippen LogP) is 3.32. The zero-order valence-electron chi connectivity index (χ0n) is 6.61. The van der Waals surface area contributed by atoms with Crippen LogP contribution >= 0.6 is 39.5 Å². The minimum absolute atomic E-state index is 0.303. The highest BCUT2D eigenvalue weighted by molar-refractivity contribution is 9.11. The van der Waals surface area contributed by atoms with Crippen molar-refractivity contribution in [2.75, 3.05) is 0 Å². The van der Waals surface area contributed by atoms with Crippen LogP contribution in [0.4, 0.5) is 0 Å². The number of thiocarbonyl (C=S) groups is 1. The van der Waals surface area contributed by atoms with E-state index >= 15 is 0 Å². The summed E-state index contributed by atoms with van der Waals surface area (Å²) in [5, 5.41) is 7.84. The molecule has 0 amide bonds. The lowest BCUT2D eigenvalue weighted by molar-refractivity contribution is 1.41. The quantitative estimate of drug-likeness (QED) is 0.724. The van der Waals surface area contributed by atoms with Crippen LogP contribution in [0.2, 0.25) is 0 Å². The van der Waals surface area contributed by atoms with Gasteiger partial charge < -0.3 is 0 Å². The minimum Gasteiger partial charge on any atom is -0.194 e. The van der Waals surface area contributed by atoms with Crippen LogP contribution in [0.3, 0.4) is 0 Å². The smallest absolute Gasteiger partial charge is 0.194 e. The van der Waals surface area contributed by atoms with Gasteiger partial charge in [-0.2, -0.15) is 4.99 Å². The SMILES string of the molecule is Cc1cc(C2=NC(=S)N=N2)sc1Br. The molecule has 0 aliphatic carbocycles. The first-order valence-electron chi connectivity index (χ1n) is 3.47. The summed E-state index contributed by atoms with van der Waals surface area (Å²) in [5.74, 6) is 0.615. The molecule has 0 bridgehead atoms. The fraction of sp³-hybridized carbons (Fsp3) is 0.143. The Morgan fingerprint density at radius 1 is 1.46 bits per heavy atom. The van der Waals surface area contributed by atoms with Crippen molar-refractivity contribution in [1.82, 2.24) is 0 Å².